The van der Waals surface area contributed by atoms with Crippen LogP contribution in [0.4, 0.5) is 5.69 Å². The number of sulfonamides is 2. The van der Waals surface area contributed by atoms with E-state index in [9.17, 15) is 26.4 Å². The van der Waals surface area contributed by atoms with Crippen molar-refractivity contribution in [3.05, 3.63) is 47.7 Å². The lowest BCUT2D eigenvalue weighted by Gasteiger charge is -2.33. The second kappa shape index (κ2) is 8.22. The minimum Gasteiger partial charge on any atom is -0.438 e. The first-order valence-corrected chi connectivity index (χ1v) is 12.9. The number of nitrogens with zero attached hydrogens (tertiary/aromatic N) is 3. The summed E-state index contributed by atoms with van der Waals surface area (Å²) in [5.74, 6) is -1.27. The molecule has 172 valence electrons. The summed E-state index contributed by atoms with van der Waals surface area (Å²) in [4.78, 5) is 25.5. The van der Waals surface area contributed by atoms with Gasteiger partial charge in [0.25, 0.3) is 21.8 Å². The Bertz CT molecular complexity index is 1240. The van der Waals surface area contributed by atoms with Crippen LogP contribution in [0.3, 0.4) is 0 Å². The minimum absolute atomic E-state index is 0.0603. The van der Waals surface area contributed by atoms with Gasteiger partial charge in [-0.25, -0.2) is 16.8 Å². The first-order valence-electron chi connectivity index (χ1n) is 9.89. The average Bonchev–Trinajstić information content (AvgIpc) is 3.40. The normalized spacial score (nSPS) is 19.2. The molecule has 13 heteroatoms. The highest BCUT2D eigenvalue weighted by Gasteiger charge is 2.33. The van der Waals surface area contributed by atoms with Crippen LogP contribution in [0.25, 0.3) is 0 Å². The zero-order chi connectivity index (χ0) is 23.1. The summed E-state index contributed by atoms with van der Waals surface area (Å²) in [5, 5.41) is -0.376. The van der Waals surface area contributed by atoms with Gasteiger partial charge in [-0.3, -0.25) is 13.9 Å². The van der Waals surface area contributed by atoms with Crippen LogP contribution in [0.15, 0.2) is 45.9 Å². The van der Waals surface area contributed by atoms with Crippen molar-refractivity contribution in [2.75, 3.05) is 42.8 Å². The SMILES string of the molecule is NC(=O)c1ccc(S(=O)(=O)N2CCN(C(=O)c3ccc(N4CCCS4(=O)=O)cc3)CC2)o1. The molecule has 2 aliphatic rings. The molecule has 0 spiro atoms. The Morgan fingerprint density at radius 1 is 0.938 bits per heavy atom. The van der Waals surface area contributed by atoms with Crippen molar-refractivity contribution < 1.29 is 30.8 Å². The average molecular weight is 483 g/mol. The molecular weight excluding hydrogens is 460 g/mol. The summed E-state index contributed by atoms with van der Waals surface area (Å²) in [7, 11) is -7.25. The smallest absolute Gasteiger partial charge is 0.284 e. The molecule has 2 aliphatic heterocycles. The molecule has 4 rings (SSSR count). The Kier molecular flexibility index (Phi) is 5.73. The van der Waals surface area contributed by atoms with Gasteiger partial charge in [-0.2, -0.15) is 4.31 Å². The second-order valence-electron chi connectivity index (χ2n) is 7.47. The highest BCUT2D eigenvalue weighted by atomic mass is 32.2. The molecule has 2 saturated heterocycles. The molecule has 0 bridgehead atoms. The fourth-order valence-electron chi connectivity index (χ4n) is 3.73. The molecule has 0 atom stereocenters. The van der Waals surface area contributed by atoms with Crippen LogP contribution in [0.1, 0.15) is 27.3 Å². The Morgan fingerprint density at radius 2 is 1.59 bits per heavy atom. The molecule has 2 N–H and O–H groups in total. The molecule has 0 radical (unpaired) electrons. The molecule has 0 unspecified atom stereocenters. The number of primary amides is 1. The quantitative estimate of drug-likeness (QED) is 0.633. The van der Waals surface area contributed by atoms with E-state index >= 15 is 0 Å². The number of nitrogens with two attached hydrogens (primary N) is 1. The molecule has 1 aromatic heterocycles. The van der Waals surface area contributed by atoms with Gasteiger partial charge in [-0.05, 0) is 42.8 Å². The van der Waals surface area contributed by atoms with Crippen molar-refractivity contribution in [2.24, 2.45) is 5.73 Å². The van der Waals surface area contributed by atoms with E-state index in [1.165, 1.54) is 25.6 Å². The fraction of sp³-hybridized carbons (Fsp3) is 0.368. The lowest BCUT2D eigenvalue weighted by Crippen LogP contribution is -2.50. The van der Waals surface area contributed by atoms with Gasteiger partial charge in [-0.15, -0.1) is 0 Å². The van der Waals surface area contributed by atoms with Gasteiger partial charge in [0.1, 0.15) is 0 Å². The van der Waals surface area contributed by atoms with Gasteiger partial charge in [0.2, 0.25) is 15.1 Å². The number of benzene rings is 1. The molecule has 2 amide bonds. The maximum absolute atomic E-state index is 12.8. The Labute approximate surface area is 185 Å². The van der Waals surface area contributed by atoms with Crippen molar-refractivity contribution in [1.82, 2.24) is 9.21 Å². The Hall–Kier alpha value is -2.90. The summed E-state index contributed by atoms with van der Waals surface area (Å²) >= 11 is 0. The van der Waals surface area contributed by atoms with E-state index in [4.69, 9.17) is 10.2 Å². The monoisotopic (exact) mass is 482 g/mol. The molecule has 1 aromatic carbocycles. The molecular formula is C19H22N4O7S2. The summed E-state index contributed by atoms with van der Waals surface area (Å²) in [6.07, 6.45) is 0.568. The van der Waals surface area contributed by atoms with Crippen LogP contribution >= 0.6 is 0 Å². The van der Waals surface area contributed by atoms with Crippen molar-refractivity contribution in [3.63, 3.8) is 0 Å². The number of furan rings is 1. The molecule has 32 heavy (non-hydrogen) atoms. The maximum Gasteiger partial charge on any atom is 0.284 e. The summed E-state index contributed by atoms with van der Waals surface area (Å²) in [6, 6.07) is 8.72. The number of amides is 2. The van der Waals surface area contributed by atoms with E-state index in [1.807, 2.05) is 0 Å². The van der Waals surface area contributed by atoms with Gasteiger partial charge in [0.05, 0.1) is 11.4 Å². The third-order valence-corrected chi connectivity index (χ3v) is 9.09. The number of carbonyl (C=O) groups is 2. The summed E-state index contributed by atoms with van der Waals surface area (Å²) in [6.45, 7) is 0.881. The van der Waals surface area contributed by atoms with Crippen molar-refractivity contribution in [2.45, 2.75) is 11.5 Å². The van der Waals surface area contributed by atoms with Gasteiger partial charge in [0, 0.05) is 38.3 Å². The topological polar surface area (TPSA) is 151 Å². The Morgan fingerprint density at radius 3 is 2.12 bits per heavy atom. The van der Waals surface area contributed by atoms with Crippen LogP contribution in [-0.2, 0) is 20.0 Å². The first-order chi connectivity index (χ1) is 15.1. The van der Waals surface area contributed by atoms with E-state index in [0.29, 0.717) is 24.2 Å². The molecule has 2 fully saturated rings. The lowest BCUT2D eigenvalue weighted by molar-refractivity contribution is 0.0696. The maximum atomic E-state index is 12.8. The zero-order valence-corrected chi connectivity index (χ0v) is 18.6. The first kappa shape index (κ1) is 22.3. The number of anilines is 1. The third-order valence-electron chi connectivity index (χ3n) is 5.45. The van der Waals surface area contributed by atoms with Gasteiger partial charge >= 0.3 is 0 Å². The van der Waals surface area contributed by atoms with E-state index in [0.717, 1.165) is 0 Å². The van der Waals surface area contributed by atoms with Crippen LogP contribution in [-0.4, -0.2) is 76.3 Å². The van der Waals surface area contributed by atoms with Gasteiger partial charge < -0.3 is 15.1 Å². The van der Waals surface area contributed by atoms with E-state index in [-0.39, 0.29) is 48.7 Å². The van der Waals surface area contributed by atoms with Crippen molar-refractivity contribution in [1.29, 1.82) is 0 Å². The second-order valence-corrected chi connectivity index (χ2v) is 11.3. The number of hydrogen-bond donors (Lipinski definition) is 1. The number of hydrogen-bond acceptors (Lipinski definition) is 7. The fourth-order valence-corrected chi connectivity index (χ4v) is 6.63. The van der Waals surface area contributed by atoms with Crippen molar-refractivity contribution in [3.8, 4) is 0 Å². The van der Waals surface area contributed by atoms with Crippen LogP contribution in [0, 0.1) is 0 Å². The van der Waals surface area contributed by atoms with Crippen molar-refractivity contribution >= 4 is 37.5 Å². The standard InChI is InChI=1S/C19H22N4O7S2/c20-18(24)16-6-7-17(30-16)32(28,29)22-11-9-21(10-12-22)19(25)14-2-4-15(5-3-14)23-8-1-13-31(23,26)27/h2-7H,1,8-13H2,(H2,20,24). The summed E-state index contributed by atoms with van der Waals surface area (Å²) < 4.78 is 57.1. The van der Waals surface area contributed by atoms with E-state index < -0.39 is 26.0 Å². The number of rotatable bonds is 5. The highest BCUT2D eigenvalue weighted by molar-refractivity contribution is 7.93. The van der Waals surface area contributed by atoms with Crippen LogP contribution in [0.2, 0.25) is 0 Å². The summed E-state index contributed by atoms with van der Waals surface area (Å²) in [5.41, 5.74) is 6.00. The number of carbonyl (C=O) groups excluding carboxylic acids is 2. The van der Waals surface area contributed by atoms with Crippen LogP contribution < -0.4 is 10.0 Å². The predicted octanol–water partition coefficient (Wildman–Crippen LogP) is 0.0651. The largest absolute Gasteiger partial charge is 0.438 e. The molecule has 3 heterocycles. The zero-order valence-electron chi connectivity index (χ0n) is 17.0. The molecule has 11 nitrogen and oxygen atoms in total. The lowest BCUT2D eigenvalue weighted by atomic mass is 10.1. The number of piperazine rings is 1. The van der Waals surface area contributed by atoms with Crippen LogP contribution in [0.5, 0.6) is 0 Å². The third kappa shape index (κ3) is 4.10. The molecule has 0 aliphatic carbocycles. The highest BCUT2D eigenvalue weighted by Crippen LogP contribution is 2.25. The minimum atomic E-state index is -3.96. The van der Waals surface area contributed by atoms with Gasteiger partial charge in [0.15, 0.2) is 5.76 Å². The molecule has 0 saturated carbocycles. The molecule has 2 aromatic rings. The van der Waals surface area contributed by atoms with E-state index in [2.05, 4.69) is 0 Å². The predicted molar refractivity (Wildman–Crippen MR) is 114 cm³/mol. The van der Waals surface area contributed by atoms with E-state index in [1.54, 1.807) is 24.3 Å². The van der Waals surface area contributed by atoms with Gasteiger partial charge in [-0.1, -0.05) is 0 Å². The Balaban J connectivity index is 1.40.